The van der Waals surface area contributed by atoms with Crippen molar-refractivity contribution in [3.05, 3.63) is 35.4 Å². The second kappa shape index (κ2) is 5.25. The van der Waals surface area contributed by atoms with Gasteiger partial charge in [0.25, 0.3) is 0 Å². The molecule has 1 rings (SSSR count). The Morgan fingerprint density at radius 1 is 1.40 bits per heavy atom. The molecule has 0 bridgehead atoms. The second-order valence-electron chi connectivity index (χ2n) is 3.17. The fourth-order valence-corrected chi connectivity index (χ4v) is 1.65. The molecule has 15 heavy (non-hydrogen) atoms. The molecule has 0 heterocycles. The van der Waals surface area contributed by atoms with Gasteiger partial charge in [0.15, 0.2) is 0 Å². The van der Waals surface area contributed by atoms with Crippen molar-refractivity contribution < 1.29 is 10.2 Å². The average molecular weight is 273 g/mol. The molecule has 0 saturated heterocycles. The molecule has 0 radical (unpaired) electrons. The first-order valence-corrected chi connectivity index (χ1v) is 5.55. The van der Waals surface area contributed by atoms with E-state index in [2.05, 4.69) is 15.9 Å². The van der Waals surface area contributed by atoms with Crippen LogP contribution < -0.4 is 5.73 Å². The number of halogens is 1. The average Bonchev–Trinajstić information content (AvgIpc) is 2.27. The fourth-order valence-electron chi connectivity index (χ4n) is 1.29. The summed E-state index contributed by atoms with van der Waals surface area (Å²) in [5.41, 5.74) is 6.29. The van der Waals surface area contributed by atoms with Crippen LogP contribution in [-0.2, 0) is 0 Å². The number of nitrogens with two attached hydrogens (primary N) is 1. The van der Waals surface area contributed by atoms with Crippen LogP contribution in [-0.4, -0.2) is 27.5 Å². The predicted molar refractivity (Wildman–Crippen MR) is 62.2 cm³/mol. The topological polar surface area (TPSA) is 90.3 Å². The zero-order chi connectivity index (χ0) is 11.4. The summed E-state index contributed by atoms with van der Waals surface area (Å²) >= 11 is 3.08. The Labute approximate surface area is 96.4 Å². The van der Waals surface area contributed by atoms with Gasteiger partial charge in [-0.15, -0.1) is 0 Å². The van der Waals surface area contributed by atoms with E-state index in [0.717, 1.165) is 0 Å². The molecular weight excluding hydrogens is 260 g/mol. The first-order valence-electron chi connectivity index (χ1n) is 4.43. The van der Waals surface area contributed by atoms with Gasteiger partial charge in [-0.1, -0.05) is 40.2 Å². The van der Waals surface area contributed by atoms with Crippen LogP contribution in [0.2, 0.25) is 0 Å². The van der Waals surface area contributed by atoms with Crippen molar-refractivity contribution in [2.75, 3.05) is 5.33 Å². The second-order valence-corrected chi connectivity index (χ2v) is 3.81. The zero-order valence-corrected chi connectivity index (χ0v) is 9.61. The summed E-state index contributed by atoms with van der Waals surface area (Å²) in [6.45, 7) is 0. The summed E-state index contributed by atoms with van der Waals surface area (Å²) < 4.78 is 0. The number of rotatable bonds is 4. The van der Waals surface area contributed by atoms with E-state index in [4.69, 9.17) is 11.1 Å². The lowest BCUT2D eigenvalue weighted by Gasteiger charge is -2.18. The third-order valence-electron chi connectivity index (χ3n) is 2.09. The third-order valence-corrected chi connectivity index (χ3v) is 2.76. The molecule has 1 aromatic carbocycles. The molecule has 82 valence electrons. The van der Waals surface area contributed by atoms with E-state index < -0.39 is 12.2 Å². The van der Waals surface area contributed by atoms with Gasteiger partial charge < -0.3 is 15.9 Å². The molecule has 4 nitrogen and oxygen atoms in total. The molecule has 0 aliphatic carbocycles. The highest BCUT2D eigenvalue weighted by Gasteiger charge is 2.20. The molecule has 0 aromatic heterocycles. The minimum Gasteiger partial charge on any atom is -0.389 e. The van der Waals surface area contributed by atoms with Crippen LogP contribution in [0.3, 0.4) is 0 Å². The number of amidine groups is 1. The molecule has 0 aliphatic rings. The number of hydrogen-bond acceptors (Lipinski definition) is 3. The van der Waals surface area contributed by atoms with Crippen LogP contribution in [0, 0.1) is 5.41 Å². The Bertz CT molecular complexity index is 357. The van der Waals surface area contributed by atoms with E-state index in [0.29, 0.717) is 11.1 Å². The predicted octanol–water partition coefficient (Wildman–Crippen LogP) is 0.760. The van der Waals surface area contributed by atoms with Crippen molar-refractivity contribution in [1.82, 2.24) is 0 Å². The van der Waals surface area contributed by atoms with Crippen LogP contribution in [0.25, 0.3) is 0 Å². The monoisotopic (exact) mass is 272 g/mol. The Morgan fingerprint density at radius 3 is 2.53 bits per heavy atom. The maximum Gasteiger partial charge on any atom is 0.123 e. The van der Waals surface area contributed by atoms with E-state index in [9.17, 15) is 10.2 Å². The Balaban J connectivity index is 3.07. The lowest BCUT2D eigenvalue weighted by Crippen LogP contribution is -2.23. The smallest absolute Gasteiger partial charge is 0.123 e. The Kier molecular flexibility index (Phi) is 4.26. The summed E-state index contributed by atoms with van der Waals surface area (Å²) in [5.74, 6) is -0.119. The Morgan fingerprint density at radius 2 is 2.00 bits per heavy atom. The molecular formula is C10H13BrN2O2. The van der Waals surface area contributed by atoms with Crippen LogP contribution >= 0.6 is 15.9 Å². The van der Waals surface area contributed by atoms with Gasteiger partial charge in [0, 0.05) is 10.9 Å². The molecule has 2 unspecified atom stereocenters. The number of alkyl halides is 1. The number of hydrogen-bond donors (Lipinski definition) is 4. The van der Waals surface area contributed by atoms with E-state index in [1.807, 2.05) is 0 Å². The van der Waals surface area contributed by atoms with Crippen LogP contribution in [0.1, 0.15) is 17.2 Å². The SMILES string of the molecule is N=C(N)c1ccccc1C(O)C(O)CBr. The van der Waals surface area contributed by atoms with Gasteiger partial charge in [0.2, 0.25) is 0 Å². The van der Waals surface area contributed by atoms with Gasteiger partial charge in [-0.3, -0.25) is 5.41 Å². The summed E-state index contributed by atoms with van der Waals surface area (Å²) in [7, 11) is 0. The standard InChI is InChI=1S/C10H13BrN2O2/c11-5-8(14)9(15)6-3-1-2-4-7(6)10(12)13/h1-4,8-9,14-15H,5H2,(H3,12,13). The van der Waals surface area contributed by atoms with E-state index >= 15 is 0 Å². The van der Waals surface area contributed by atoms with Gasteiger partial charge in [-0.25, -0.2) is 0 Å². The Hall–Kier alpha value is -0.910. The lowest BCUT2D eigenvalue weighted by molar-refractivity contribution is 0.0341. The zero-order valence-electron chi connectivity index (χ0n) is 8.02. The van der Waals surface area contributed by atoms with Gasteiger partial charge in [-0.2, -0.15) is 0 Å². The maximum atomic E-state index is 9.79. The highest BCUT2D eigenvalue weighted by Crippen LogP contribution is 2.21. The molecule has 2 atom stereocenters. The fraction of sp³-hybridized carbons (Fsp3) is 0.300. The van der Waals surface area contributed by atoms with Gasteiger partial charge in [-0.05, 0) is 5.56 Å². The third kappa shape index (κ3) is 2.77. The summed E-state index contributed by atoms with van der Waals surface area (Å²) in [6, 6.07) is 6.74. The molecule has 0 saturated carbocycles. The number of aliphatic hydroxyl groups excluding tert-OH is 2. The van der Waals surface area contributed by atoms with E-state index in [1.165, 1.54) is 0 Å². The highest BCUT2D eigenvalue weighted by atomic mass is 79.9. The van der Waals surface area contributed by atoms with Gasteiger partial charge >= 0.3 is 0 Å². The molecule has 5 heteroatoms. The molecule has 0 spiro atoms. The molecule has 5 N–H and O–H groups in total. The van der Waals surface area contributed by atoms with E-state index in [-0.39, 0.29) is 11.2 Å². The molecule has 1 aromatic rings. The highest BCUT2D eigenvalue weighted by molar-refractivity contribution is 9.09. The van der Waals surface area contributed by atoms with Gasteiger partial charge in [0.1, 0.15) is 11.9 Å². The van der Waals surface area contributed by atoms with Crippen LogP contribution in [0.15, 0.2) is 24.3 Å². The first kappa shape index (κ1) is 12.2. The van der Waals surface area contributed by atoms with Crippen LogP contribution in [0.5, 0.6) is 0 Å². The van der Waals surface area contributed by atoms with E-state index in [1.54, 1.807) is 24.3 Å². The molecule has 0 fully saturated rings. The van der Waals surface area contributed by atoms with Crippen LogP contribution in [0.4, 0.5) is 0 Å². The first-order chi connectivity index (χ1) is 7.07. The number of nitrogens with one attached hydrogen (secondary N) is 1. The van der Waals surface area contributed by atoms with Crippen molar-refractivity contribution in [3.8, 4) is 0 Å². The van der Waals surface area contributed by atoms with Crippen molar-refractivity contribution in [3.63, 3.8) is 0 Å². The normalized spacial score (nSPS) is 14.6. The summed E-state index contributed by atoms with van der Waals surface area (Å²) in [6.07, 6.45) is -1.95. The van der Waals surface area contributed by atoms with Crippen molar-refractivity contribution in [2.24, 2.45) is 5.73 Å². The molecule has 0 amide bonds. The number of benzene rings is 1. The molecule has 0 aliphatic heterocycles. The lowest BCUT2D eigenvalue weighted by atomic mass is 9.99. The quantitative estimate of drug-likeness (QED) is 0.371. The minimum absolute atomic E-state index is 0.119. The number of nitrogen functional groups attached to an aromatic ring is 1. The van der Waals surface area contributed by atoms with Gasteiger partial charge in [0.05, 0.1) is 6.10 Å². The van der Waals surface area contributed by atoms with Crippen molar-refractivity contribution in [2.45, 2.75) is 12.2 Å². The van der Waals surface area contributed by atoms with Crippen molar-refractivity contribution in [1.29, 1.82) is 5.41 Å². The maximum absolute atomic E-state index is 9.79. The largest absolute Gasteiger partial charge is 0.389 e. The summed E-state index contributed by atoms with van der Waals surface area (Å²) in [5, 5.41) is 26.9. The summed E-state index contributed by atoms with van der Waals surface area (Å²) in [4.78, 5) is 0. The number of aliphatic hydroxyl groups is 2. The minimum atomic E-state index is -1.04. The van der Waals surface area contributed by atoms with Crippen molar-refractivity contribution >= 4 is 21.8 Å².